The van der Waals surface area contributed by atoms with E-state index in [0.717, 1.165) is 6.54 Å². The number of amides is 1. The zero-order chi connectivity index (χ0) is 14.9. The van der Waals surface area contributed by atoms with Gasteiger partial charge in [-0.1, -0.05) is 6.92 Å². The summed E-state index contributed by atoms with van der Waals surface area (Å²) in [6.07, 6.45) is 0. The van der Waals surface area contributed by atoms with Crippen molar-refractivity contribution < 1.29 is 9.72 Å². The summed E-state index contributed by atoms with van der Waals surface area (Å²) in [5, 5.41) is 16.9. The number of carbonyl (C=O) groups is 1. The zero-order valence-corrected chi connectivity index (χ0v) is 12.9. The molecule has 6 nitrogen and oxygen atoms in total. The van der Waals surface area contributed by atoms with Gasteiger partial charge in [0, 0.05) is 22.6 Å². The molecule has 0 saturated carbocycles. The van der Waals surface area contributed by atoms with Crippen molar-refractivity contribution in [1.29, 1.82) is 0 Å². The van der Waals surface area contributed by atoms with Crippen molar-refractivity contribution in [2.24, 2.45) is 11.8 Å². The zero-order valence-electron chi connectivity index (χ0n) is 11.3. The average Bonchev–Trinajstić information content (AvgIpc) is 2.78. The molecule has 2 N–H and O–H groups in total. The third-order valence-corrected chi connectivity index (χ3v) is 4.25. The number of anilines is 1. The summed E-state index contributed by atoms with van der Waals surface area (Å²) in [5.41, 5.74) is 0.989. The molecule has 2 atom stereocenters. The number of nitro groups is 1. The van der Waals surface area contributed by atoms with Crippen LogP contribution in [0.4, 0.5) is 11.4 Å². The minimum Gasteiger partial charge on any atom is -0.325 e. The summed E-state index contributed by atoms with van der Waals surface area (Å²) in [4.78, 5) is 22.7. The molecule has 0 spiro atoms. The van der Waals surface area contributed by atoms with Crippen LogP contribution < -0.4 is 10.6 Å². The average molecular weight is 342 g/mol. The fourth-order valence-electron chi connectivity index (χ4n) is 2.34. The number of nitrogens with one attached hydrogen (secondary N) is 2. The highest BCUT2D eigenvalue weighted by Crippen LogP contribution is 2.31. The second-order valence-electron chi connectivity index (χ2n) is 5.11. The number of halogens is 1. The molecular formula is C13H16BrN3O3. The molecule has 108 valence electrons. The standard InChI is InChI=1S/C13H16BrN3O3/c1-7-3-10(14)11(4-12(7)17(19)20)16-13(18)9-6-15-5-8(9)2/h3-4,8-9,15H,5-6H2,1-2H3,(H,16,18). The van der Waals surface area contributed by atoms with Gasteiger partial charge in [-0.15, -0.1) is 0 Å². The molecule has 2 rings (SSSR count). The van der Waals surface area contributed by atoms with E-state index in [1.54, 1.807) is 13.0 Å². The lowest BCUT2D eigenvalue weighted by Crippen LogP contribution is -2.28. The molecule has 0 aliphatic carbocycles. The molecule has 1 aromatic rings. The van der Waals surface area contributed by atoms with Crippen molar-refractivity contribution in [2.45, 2.75) is 13.8 Å². The lowest BCUT2D eigenvalue weighted by Gasteiger charge is -2.15. The molecule has 2 unspecified atom stereocenters. The number of rotatable bonds is 3. The van der Waals surface area contributed by atoms with Crippen molar-refractivity contribution in [3.05, 3.63) is 32.3 Å². The van der Waals surface area contributed by atoms with E-state index in [1.165, 1.54) is 6.07 Å². The van der Waals surface area contributed by atoms with E-state index in [2.05, 4.69) is 26.6 Å². The number of nitro benzene ring substituents is 1. The molecule has 1 aromatic carbocycles. The fourth-order valence-corrected chi connectivity index (χ4v) is 2.90. The van der Waals surface area contributed by atoms with Crippen molar-refractivity contribution in [2.75, 3.05) is 18.4 Å². The number of hydrogen-bond donors (Lipinski definition) is 2. The van der Waals surface area contributed by atoms with Gasteiger partial charge < -0.3 is 10.6 Å². The Morgan fingerprint density at radius 1 is 1.50 bits per heavy atom. The van der Waals surface area contributed by atoms with E-state index < -0.39 is 4.92 Å². The molecule has 0 radical (unpaired) electrons. The van der Waals surface area contributed by atoms with Crippen molar-refractivity contribution >= 4 is 33.2 Å². The predicted octanol–water partition coefficient (Wildman–Crippen LogP) is 2.46. The van der Waals surface area contributed by atoms with Gasteiger partial charge in [0.15, 0.2) is 0 Å². The van der Waals surface area contributed by atoms with E-state index in [0.29, 0.717) is 22.3 Å². The Morgan fingerprint density at radius 2 is 2.20 bits per heavy atom. The van der Waals surface area contributed by atoms with E-state index in [4.69, 9.17) is 0 Å². The summed E-state index contributed by atoms with van der Waals surface area (Å²) in [6.45, 7) is 5.13. The van der Waals surface area contributed by atoms with Gasteiger partial charge in [0.25, 0.3) is 5.69 Å². The minimum atomic E-state index is -0.447. The first-order valence-electron chi connectivity index (χ1n) is 6.36. The van der Waals surface area contributed by atoms with Gasteiger partial charge in [0.2, 0.25) is 5.91 Å². The monoisotopic (exact) mass is 341 g/mol. The second kappa shape index (κ2) is 5.88. The Kier molecular flexibility index (Phi) is 4.39. The van der Waals surface area contributed by atoms with Crippen molar-refractivity contribution in [3.63, 3.8) is 0 Å². The Morgan fingerprint density at radius 3 is 2.75 bits per heavy atom. The second-order valence-corrected chi connectivity index (χ2v) is 5.96. The normalized spacial score (nSPS) is 21.8. The first kappa shape index (κ1) is 14.9. The molecule has 0 aromatic heterocycles. The number of carbonyl (C=O) groups excluding carboxylic acids is 1. The molecule has 1 heterocycles. The minimum absolute atomic E-state index is 0.00101. The highest BCUT2D eigenvalue weighted by molar-refractivity contribution is 9.10. The molecule has 1 saturated heterocycles. The third kappa shape index (κ3) is 2.99. The molecule has 20 heavy (non-hydrogen) atoms. The van der Waals surface area contributed by atoms with Gasteiger partial charge in [0.05, 0.1) is 16.5 Å². The fraction of sp³-hybridized carbons (Fsp3) is 0.462. The predicted molar refractivity (Wildman–Crippen MR) is 79.7 cm³/mol. The maximum atomic E-state index is 12.2. The van der Waals surface area contributed by atoms with E-state index in [1.807, 2.05) is 6.92 Å². The molecular weight excluding hydrogens is 326 g/mol. The highest BCUT2D eigenvalue weighted by atomic mass is 79.9. The first-order valence-corrected chi connectivity index (χ1v) is 7.15. The maximum absolute atomic E-state index is 12.2. The largest absolute Gasteiger partial charge is 0.325 e. The van der Waals surface area contributed by atoms with Crippen LogP contribution in [-0.2, 0) is 4.79 Å². The Balaban J connectivity index is 2.22. The summed E-state index contributed by atoms with van der Waals surface area (Å²) in [6, 6.07) is 3.04. The van der Waals surface area contributed by atoms with Gasteiger partial charge in [0.1, 0.15) is 0 Å². The van der Waals surface area contributed by atoms with Gasteiger partial charge in [-0.2, -0.15) is 0 Å². The molecule has 7 heteroatoms. The van der Waals surface area contributed by atoms with Crippen LogP contribution in [0.25, 0.3) is 0 Å². The van der Waals surface area contributed by atoms with Gasteiger partial charge in [-0.3, -0.25) is 14.9 Å². The van der Waals surface area contributed by atoms with E-state index >= 15 is 0 Å². The number of nitrogens with zero attached hydrogens (tertiary/aromatic N) is 1. The molecule has 1 aliphatic rings. The van der Waals surface area contributed by atoms with Crippen LogP contribution in [0.3, 0.4) is 0 Å². The topological polar surface area (TPSA) is 84.3 Å². The Bertz CT molecular complexity index is 562. The Hall–Kier alpha value is -1.47. The molecule has 1 fully saturated rings. The van der Waals surface area contributed by atoms with Gasteiger partial charge in [-0.25, -0.2) is 0 Å². The van der Waals surface area contributed by atoms with Crippen LogP contribution in [0.1, 0.15) is 12.5 Å². The maximum Gasteiger partial charge on any atom is 0.274 e. The lowest BCUT2D eigenvalue weighted by molar-refractivity contribution is -0.385. The van der Waals surface area contributed by atoms with Crippen molar-refractivity contribution in [1.82, 2.24) is 5.32 Å². The van der Waals surface area contributed by atoms with E-state index in [-0.39, 0.29) is 23.4 Å². The SMILES string of the molecule is Cc1cc(Br)c(NC(=O)C2CNCC2C)cc1[N+](=O)[O-]. The van der Waals surface area contributed by atoms with Crippen LogP contribution in [0.15, 0.2) is 16.6 Å². The van der Waals surface area contributed by atoms with E-state index in [9.17, 15) is 14.9 Å². The molecule has 1 aliphatic heterocycles. The molecule has 1 amide bonds. The van der Waals surface area contributed by atoms with Crippen LogP contribution in [0, 0.1) is 28.9 Å². The number of hydrogen-bond acceptors (Lipinski definition) is 4. The van der Waals surface area contributed by atoms with Crippen LogP contribution in [0.5, 0.6) is 0 Å². The summed E-state index contributed by atoms with van der Waals surface area (Å²) in [5.74, 6) is 0.0396. The number of benzene rings is 1. The Labute approximate surface area is 125 Å². The quantitative estimate of drug-likeness (QED) is 0.653. The van der Waals surface area contributed by atoms with Crippen LogP contribution in [-0.4, -0.2) is 23.9 Å². The van der Waals surface area contributed by atoms with Gasteiger partial charge in [-0.05, 0) is 41.4 Å². The summed E-state index contributed by atoms with van der Waals surface area (Å²) < 4.78 is 0.646. The van der Waals surface area contributed by atoms with Gasteiger partial charge >= 0.3 is 0 Å². The van der Waals surface area contributed by atoms with Crippen LogP contribution in [0.2, 0.25) is 0 Å². The first-order chi connectivity index (χ1) is 9.40. The summed E-state index contributed by atoms with van der Waals surface area (Å²) in [7, 11) is 0. The van der Waals surface area contributed by atoms with Crippen LogP contribution >= 0.6 is 15.9 Å². The van der Waals surface area contributed by atoms with Crippen molar-refractivity contribution in [3.8, 4) is 0 Å². The molecule has 0 bridgehead atoms. The summed E-state index contributed by atoms with van der Waals surface area (Å²) >= 11 is 3.33. The number of aryl methyl sites for hydroxylation is 1. The smallest absolute Gasteiger partial charge is 0.274 e. The highest BCUT2D eigenvalue weighted by Gasteiger charge is 2.30. The lowest BCUT2D eigenvalue weighted by atomic mass is 9.97. The third-order valence-electron chi connectivity index (χ3n) is 3.59.